The summed E-state index contributed by atoms with van der Waals surface area (Å²) in [5.41, 5.74) is 1.27. The molecule has 0 aliphatic heterocycles. The number of halogens is 1. The van der Waals surface area contributed by atoms with Crippen molar-refractivity contribution in [2.45, 2.75) is 46.1 Å². The second-order valence-corrected chi connectivity index (χ2v) is 5.33. The average molecular weight is 314 g/mol. The zero-order chi connectivity index (χ0) is 13.4. The fourth-order valence-corrected chi connectivity index (χ4v) is 2.43. The highest BCUT2D eigenvalue weighted by atomic mass is 79.9. The standard InChI is InChI=1S/C15H24BrNO/c1-4-7-14(17-10-5-2)13-11-12(16)8-9-15(13)18-6-3/h8-9,11,14,17H,4-7,10H2,1-3H3. The summed E-state index contributed by atoms with van der Waals surface area (Å²) in [6.45, 7) is 8.20. The summed E-state index contributed by atoms with van der Waals surface area (Å²) in [5, 5.41) is 3.61. The van der Waals surface area contributed by atoms with Gasteiger partial charge in [0.2, 0.25) is 0 Å². The van der Waals surface area contributed by atoms with Gasteiger partial charge in [-0.2, -0.15) is 0 Å². The second kappa shape index (κ2) is 8.54. The molecule has 0 aromatic heterocycles. The summed E-state index contributed by atoms with van der Waals surface area (Å²) in [6.07, 6.45) is 3.45. The molecule has 1 aromatic rings. The maximum Gasteiger partial charge on any atom is 0.124 e. The minimum atomic E-state index is 0.383. The van der Waals surface area contributed by atoms with Gasteiger partial charge in [-0.05, 0) is 44.5 Å². The number of nitrogens with one attached hydrogen (secondary N) is 1. The van der Waals surface area contributed by atoms with E-state index in [9.17, 15) is 0 Å². The Morgan fingerprint density at radius 3 is 2.61 bits per heavy atom. The molecule has 1 atom stereocenters. The zero-order valence-corrected chi connectivity index (χ0v) is 13.2. The van der Waals surface area contributed by atoms with Crippen LogP contribution in [-0.2, 0) is 0 Å². The van der Waals surface area contributed by atoms with Crippen LogP contribution in [0.15, 0.2) is 22.7 Å². The highest BCUT2D eigenvalue weighted by Crippen LogP contribution is 2.31. The smallest absolute Gasteiger partial charge is 0.124 e. The first-order chi connectivity index (χ1) is 8.72. The first-order valence-corrected chi connectivity index (χ1v) is 7.67. The predicted molar refractivity (Wildman–Crippen MR) is 81.3 cm³/mol. The quantitative estimate of drug-likeness (QED) is 0.751. The Morgan fingerprint density at radius 1 is 1.22 bits per heavy atom. The number of ether oxygens (including phenoxy) is 1. The average Bonchev–Trinajstić information content (AvgIpc) is 2.37. The fourth-order valence-electron chi connectivity index (χ4n) is 2.05. The van der Waals surface area contributed by atoms with Crippen LogP contribution in [0.4, 0.5) is 0 Å². The summed E-state index contributed by atoms with van der Waals surface area (Å²) < 4.78 is 6.85. The van der Waals surface area contributed by atoms with Gasteiger partial charge in [0.15, 0.2) is 0 Å². The van der Waals surface area contributed by atoms with Crippen molar-refractivity contribution < 1.29 is 4.74 Å². The topological polar surface area (TPSA) is 21.3 Å². The van der Waals surface area contributed by atoms with Gasteiger partial charge in [-0.3, -0.25) is 0 Å². The molecule has 102 valence electrons. The summed E-state index contributed by atoms with van der Waals surface area (Å²) in [6, 6.07) is 6.65. The van der Waals surface area contributed by atoms with Crippen LogP contribution in [0.25, 0.3) is 0 Å². The van der Waals surface area contributed by atoms with E-state index in [2.05, 4.69) is 47.2 Å². The fraction of sp³-hybridized carbons (Fsp3) is 0.600. The van der Waals surface area contributed by atoms with E-state index in [1.165, 1.54) is 12.0 Å². The van der Waals surface area contributed by atoms with Gasteiger partial charge in [-0.25, -0.2) is 0 Å². The molecule has 0 heterocycles. The molecule has 1 rings (SSSR count). The van der Waals surface area contributed by atoms with E-state index in [0.717, 1.165) is 29.6 Å². The van der Waals surface area contributed by atoms with Crippen molar-refractivity contribution >= 4 is 15.9 Å². The van der Waals surface area contributed by atoms with Crippen LogP contribution >= 0.6 is 15.9 Å². The molecule has 0 saturated heterocycles. The molecule has 0 aliphatic rings. The van der Waals surface area contributed by atoms with Gasteiger partial charge in [0.05, 0.1) is 6.61 Å². The molecule has 18 heavy (non-hydrogen) atoms. The molecule has 0 bridgehead atoms. The van der Waals surface area contributed by atoms with Crippen LogP contribution in [0.5, 0.6) is 5.75 Å². The molecule has 3 heteroatoms. The molecular weight excluding hydrogens is 290 g/mol. The van der Waals surface area contributed by atoms with Crippen molar-refractivity contribution in [1.29, 1.82) is 0 Å². The SMILES string of the molecule is CCCNC(CCC)c1cc(Br)ccc1OCC. The third-order valence-corrected chi connectivity index (χ3v) is 3.36. The van der Waals surface area contributed by atoms with E-state index in [0.29, 0.717) is 12.6 Å². The highest BCUT2D eigenvalue weighted by Gasteiger charge is 2.15. The number of hydrogen-bond donors (Lipinski definition) is 1. The molecule has 0 fully saturated rings. The summed E-state index contributed by atoms with van der Waals surface area (Å²) in [7, 11) is 0. The molecule has 0 spiro atoms. The third kappa shape index (κ3) is 4.62. The lowest BCUT2D eigenvalue weighted by Gasteiger charge is -2.21. The molecule has 1 aromatic carbocycles. The molecular formula is C15H24BrNO. The summed E-state index contributed by atoms with van der Waals surface area (Å²) in [5.74, 6) is 1.00. The van der Waals surface area contributed by atoms with E-state index in [4.69, 9.17) is 4.74 Å². The van der Waals surface area contributed by atoms with Crippen LogP contribution < -0.4 is 10.1 Å². The second-order valence-electron chi connectivity index (χ2n) is 4.41. The van der Waals surface area contributed by atoms with Gasteiger partial charge in [0.1, 0.15) is 5.75 Å². The first kappa shape index (κ1) is 15.5. The molecule has 1 unspecified atom stereocenters. The zero-order valence-electron chi connectivity index (χ0n) is 11.6. The summed E-state index contributed by atoms with van der Waals surface area (Å²) in [4.78, 5) is 0. The van der Waals surface area contributed by atoms with E-state index in [1.807, 2.05) is 13.0 Å². The van der Waals surface area contributed by atoms with Crippen molar-refractivity contribution in [3.63, 3.8) is 0 Å². The minimum absolute atomic E-state index is 0.383. The van der Waals surface area contributed by atoms with E-state index in [1.54, 1.807) is 0 Å². The molecule has 0 radical (unpaired) electrons. The van der Waals surface area contributed by atoms with Crippen molar-refractivity contribution in [3.05, 3.63) is 28.2 Å². The van der Waals surface area contributed by atoms with E-state index < -0.39 is 0 Å². The van der Waals surface area contributed by atoms with Crippen molar-refractivity contribution in [2.75, 3.05) is 13.2 Å². The van der Waals surface area contributed by atoms with Gasteiger partial charge in [0, 0.05) is 16.1 Å². The molecule has 2 nitrogen and oxygen atoms in total. The lowest BCUT2D eigenvalue weighted by atomic mass is 10.0. The molecule has 0 aliphatic carbocycles. The van der Waals surface area contributed by atoms with Crippen molar-refractivity contribution in [3.8, 4) is 5.75 Å². The first-order valence-electron chi connectivity index (χ1n) is 6.88. The number of rotatable bonds is 8. The minimum Gasteiger partial charge on any atom is -0.494 e. The lowest BCUT2D eigenvalue weighted by Crippen LogP contribution is -2.22. The Labute approximate surface area is 119 Å². The Balaban J connectivity index is 2.95. The van der Waals surface area contributed by atoms with Gasteiger partial charge in [-0.15, -0.1) is 0 Å². The van der Waals surface area contributed by atoms with Crippen LogP contribution in [-0.4, -0.2) is 13.2 Å². The molecule has 1 N–H and O–H groups in total. The number of hydrogen-bond acceptors (Lipinski definition) is 2. The van der Waals surface area contributed by atoms with Crippen LogP contribution in [0, 0.1) is 0 Å². The number of benzene rings is 1. The normalized spacial score (nSPS) is 12.4. The van der Waals surface area contributed by atoms with E-state index in [-0.39, 0.29) is 0 Å². The third-order valence-electron chi connectivity index (χ3n) is 2.87. The monoisotopic (exact) mass is 313 g/mol. The van der Waals surface area contributed by atoms with Gasteiger partial charge < -0.3 is 10.1 Å². The summed E-state index contributed by atoms with van der Waals surface area (Å²) >= 11 is 3.55. The Hall–Kier alpha value is -0.540. The Morgan fingerprint density at radius 2 is 2.00 bits per heavy atom. The van der Waals surface area contributed by atoms with Gasteiger partial charge in [-0.1, -0.05) is 36.2 Å². The van der Waals surface area contributed by atoms with Crippen molar-refractivity contribution in [2.24, 2.45) is 0 Å². The maximum absolute atomic E-state index is 5.74. The van der Waals surface area contributed by atoms with Crippen LogP contribution in [0.1, 0.15) is 51.6 Å². The molecule has 0 amide bonds. The van der Waals surface area contributed by atoms with Crippen LogP contribution in [0.3, 0.4) is 0 Å². The molecule has 0 saturated carbocycles. The van der Waals surface area contributed by atoms with Gasteiger partial charge in [0.25, 0.3) is 0 Å². The largest absolute Gasteiger partial charge is 0.494 e. The van der Waals surface area contributed by atoms with E-state index >= 15 is 0 Å². The Kier molecular flexibility index (Phi) is 7.36. The highest BCUT2D eigenvalue weighted by molar-refractivity contribution is 9.10. The lowest BCUT2D eigenvalue weighted by molar-refractivity contribution is 0.329. The maximum atomic E-state index is 5.74. The van der Waals surface area contributed by atoms with Crippen molar-refractivity contribution in [1.82, 2.24) is 5.32 Å². The predicted octanol–water partition coefficient (Wildman–Crippen LogP) is 4.69. The Bertz CT molecular complexity index is 354. The van der Waals surface area contributed by atoms with Gasteiger partial charge >= 0.3 is 0 Å². The van der Waals surface area contributed by atoms with Crippen LogP contribution in [0.2, 0.25) is 0 Å².